The largest absolute Gasteiger partial charge is 0.481 e. The Hall–Kier alpha value is -1.62. The Labute approximate surface area is 110 Å². The van der Waals surface area contributed by atoms with Crippen LogP contribution in [0.25, 0.3) is 0 Å². The second kappa shape index (κ2) is 6.96. The molecule has 0 spiro atoms. The number of carboxylic acids is 1. The van der Waals surface area contributed by atoms with E-state index in [1.165, 1.54) is 11.1 Å². The van der Waals surface area contributed by atoms with Gasteiger partial charge in [0.25, 0.3) is 0 Å². The predicted molar refractivity (Wildman–Crippen MR) is 68.8 cm³/mol. The Morgan fingerprint density at radius 1 is 1.39 bits per heavy atom. The van der Waals surface area contributed by atoms with E-state index in [1.807, 2.05) is 6.92 Å². The molecule has 0 aromatic carbocycles. The van der Waals surface area contributed by atoms with Gasteiger partial charge in [0.1, 0.15) is 5.82 Å². The second-order valence-corrected chi connectivity index (χ2v) is 4.21. The summed E-state index contributed by atoms with van der Waals surface area (Å²) in [4.78, 5) is 27.9. The van der Waals surface area contributed by atoms with E-state index in [9.17, 15) is 9.59 Å². The lowest BCUT2D eigenvalue weighted by Gasteiger charge is -2.20. The first-order valence-electron chi connectivity index (χ1n) is 5.68. The van der Waals surface area contributed by atoms with Gasteiger partial charge in [0, 0.05) is 19.2 Å². The van der Waals surface area contributed by atoms with Crippen molar-refractivity contribution in [1.29, 1.82) is 0 Å². The predicted octanol–water partition coefficient (Wildman–Crippen LogP) is 2.34. The highest BCUT2D eigenvalue weighted by atomic mass is 35.5. The maximum absolute atomic E-state index is 11.9. The molecule has 1 rings (SSSR count). The molecule has 1 aromatic rings. The van der Waals surface area contributed by atoms with Crippen LogP contribution >= 0.6 is 11.6 Å². The second-order valence-electron chi connectivity index (χ2n) is 3.77. The maximum Gasteiger partial charge on any atom is 0.305 e. The monoisotopic (exact) mass is 270 g/mol. The van der Waals surface area contributed by atoms with Crippen LogP contribution in [0.4, 0.5) is 5.82 Å². The molecule has 6 heteroatoms. The van der Waals surface area contributed by atoms with Crippen molar-refractivity contribution >= 4 is 29.3 Å². The lowest BCUT2D eigenvalue weighted by Crippen LogP contribution is -2.33. The van der Waals surface area contributed by atoms with E-state index >= 15 is 0 Å². The summed E-state index contributed by atoms with van der Waals surface area (Å²) in [5, 5.41) is 9.16. The summed E-state index contributed by atoms with van der Waals surface area (Å²) in [5.41, 5.74) is 0. The van der Waals surface area contributed by atoms with Crippen LogP contribution in [0.2, 0.25) is 5.02 Å². The van der Waals surface area contributed by atoms with E-state index in [2.05, 4.69) is 4.98 Å². The minimum atomic E-state index is -0.946. The fourth-order valence-electron chi connectivity index (χ4n) is 1.45. The molecule has 1 N–H and O–H groups in total. The Morgan fingerprint density at radius 3 is 2.61 bits per heavy atom. The van der Waals surface area contributed by atoms with E-state index < -0.39 is 5.97 Å². The molecule has 0 fully saturated rings. The Kier molecular flexibility index (Phi) is 5.58. The number of carboxylic acid groups (broad SMARTS) is 1. The van der Waals surface area contributed by atoms with Crippen molar-refractivity contribution in [2.24, 2.45) is 0 Å². The zero-order valence-corrected chi connectivity index (χ0v) is 10.9. The molecule has 18 heavy (non-hydrogen) atoms. The van der Waals surface area contributed by atoms with Crippen molar-refractivity contribution in [2.45, 2.75) is 26.2 Å². The van der Waals surface area contributed by atoms with E-state index in [0.717, 1.165) is 0 Å². The fourth-order valence-corrected chi connectivity index (χ4v) is 1.56. The van der Waals surface area contributed by atoms with Crippen molar-refractivity contribution in [3.63, 3.8) is 0 Å². The van der Waals surface area contributed by atoms with Gasteiger partial charge < -0.3 is 5.11 Å². The van der Waals surface area contributed by atoms with Gasteiger partial charge in [-0.15, -0.1) is 0 Å². The summed E-state index contributed by atoms with van der Waals surface area (Å²) in [6, 6.07) is 3.23. The molecule has 0 radical (unpaired) electrons. The molecule has 0 aliphatic carbocycles. The Morgan fingerprint density at radius 2 is 2.11 bits per heavy atom. The summed E-state index contributed by atoms with van der Waals surface area (Å²) >= 11 is 5.72. The minimum absolute atomic E-state index is 0.111. The molecule has 1 heterocycles. The summed E-state index contributed by atoms with van der Waals surface area (Å²) in [6.07, 6.45) is 2.39. The number of amides is 1. The van der Waals surface area contributed by atoms with Gasteiger partial charge in [0.15, 0.2) is 0 Å². The molecule has 1 amide bonds. The van der Waals surface area contributed by atoms with Crippen molar-refractivity contribution in [1.82, 2.24) is 4.98 Å². The Bertz CT molecular complexity index is 420. The first kappa shape index (κ1) is 14.4. The number of rotatable bonds is 6. The average molecular weight is 271 g/mol. The van der Waals surface area contributed by atoms with Gasteiger partial charge in [-0.1, -0.05) is 18.5 Å². The van der Waals surface area contributed by atoms with Gasteiger partial charge in [0.05, 0.1) is 11.4 Å². The number of halogens is 1. The molecule has 0 saturated carbocycles. The van der Waals surface area contributed by atoms with E-state index in [1.54, 1.807) is 12.1 Å². The molecular formula is C12H15ClN2O3. The first-order chi connectivity index (χ1) is 8.54. The van der Waals surface area contributed by atoms with Crippen LogP contribution in [-0.4, -0.2) is 28.5 Å². The number of aromatic nitrogens is 1. The minimum Gasteiger partial charge on any atom is -0.481 e. The standard InChI is InChI=1S/C12H15ClN2O3/c1-2-3-11(16)15(7-6-12(17)18)10-5-4-9(13)8-14-10/h4-5,8H,2-3,6-7H2,1H3,(H,17,18). The number of carbonyl (C=O) groups excluding carboxylic acids is 1. The highest BCUT2D eigenvalue weighted by Gasteiger charge is 2.17. The highest BCUT2D eigenvalue weighted by molar-refractivity contribution is 6.30. The van der Waals surface area contributed by atoms with Gasteiger partial charge in [-0.05, 0) is 18.6 Å². The van der Waals surface area contributed by atoms with Gasteiger partial charge in [-0.3, -0.25) is 14.5 Å². The van der Waals surface area contributed by atoms with Crippen LogP contribution in [0.5, 0.6) is 0 Å². The number of aliphatic carboxylic acids is 1. The smallest absolute Gasteiger partial charge is 0.305 e. The van der Waals surface area contributed by atoms with Crippen molar-refractivity contribution < 1.29 is 14.7 Å². The number of carbonyl (C=O) groups is 2. The van der Waals surface area contributed by atoms with Crippen LogP contribution in [-0.2, 0) is 9.59 Å². The normalized spacial score (nSPS) is 10.1. The third-order valence-corrected chi connectivity index (χ3v) is 2.53. The van der Waals surface area contributed by atoms with Gasteiger partial charge in [0.2, 0.25) is 5.91 Å². The summed E-state index contributed by atoms with van der Waals surface area (Å²) in [5.74, 6) is -0.647. The van der Waals surface area contributed by atoms with Crippen LogP contribution in [0.1, 0.15) is 26.2 Å². The molecule has 98 valence electrons. The molecule has 0 atom stereocenters. The van der Waals surface area contributed by atoms with Crippen LogP contribution in [0.3, 0.4) is 0 Å². The summed E-state index contributed by atoms with van der Waals surface area (Å²) < 4.78 is 0. The highest BCUT2D eigenvalue weighted by Crippen LogP contribution is 2.16. The molecule has 0 unspecified atom stereocenters. The first-order valence-corrected chi connectivity index (χ1v) is 6.06. The van der Waals surface area contributed by atoms with E-state index in [4.69, 9.17) is 16.7 Å². The number of hydrogen-bond donors (Lipinski definition) is 1. The number of pyridine rings is 1. The lowest BCUT2D eigenvalue weighted by atomic mass is 10.2. The molecule has 0 bridgehead atoms. The van der Waals surface area contributed by atoms with Gasteiger partial charge in [-0.2, -0.15) is 0 Å². The van der Waals surface area contributed by atoms with Gasteiger partial charge in [-0.25, -0.2) is 4.98 Å². The molecule has 0 saturated heterocycles. The topological polar surface area (TPSA) is 70.5 Å². The van der Waals surface area contributed by atoms with Crippen LogP contribution < -0.4 is 4.90 Å². The number of nitrogens with zero attached hydrogens (tertiary/aromatic N) is 2. The number of anilines is 1. The van der Waals surface area contributed by atoms with Crippen LogP contribution in [0.15, 0.2) is 18.3 Å². The molecule has 0 aliphatic heterocycles. The van der Waals surface area contributed by atoms with E-state index in [-0.39, 0.29) is 18.9 Å². The van der Waals surface area contributed by atoms with Crippen molar-refractivity contribution in [3.8, 4) is 0 Å². The zero-order valence-electron chi connectivity index (χ0n) is 10.1. The SMILES string of the molecule is CCCC(=O)N(CCC(=O)O)c1ccc(Cl)cn1. The molecule has 1 aromatic heterocycles. The quantitative estimate of drug-likeness (QED) is 0.861. The summed E-state index contributed by atoms with van der Waals surface area (Å²) in [7, 11) is 0. The fraction of sp³-hybridized carbons (Fsp3) is 0.417. The van der Waals surface area contributed by atoms with Crippen LogP contribution in [0, 0.1) is 0 Å². The summed E-state index contributed by atoms with van der Waals surface area (Å²) in [6.45, 7) is 2.01. The molecule has 5 nitrogen and oxygen atoms in total. The van der Waals surface area contributed by atoms with Gasteiger partial charge >= 0.3 is 5.97 Å². The third kappa shape index (κ3) is 4.33. The van der Waals surface area contributed by atoms with E-state index in [0.29, 0.717) is 23.7 Å². The third-order valence-electron chi connectivity index (χ3n) is 2.30. The van der Waals surface area contributed by atoms with Crippen molar-refractivity contribution in [2.75, 3.05) is 11.4 Å². The molecule has 0 aliphatic rings. The Balaban J connectivity index is 2.85. The molecular weight excluding hydrogens is 256 g/mol. The zero-order chi connectivity index (χ0) is 13.5. The van der Waals surface area contributed by atoms with Crippen molar-refractivity contribution in [3.05, 3.63) is 23.4 Å². The lowest BCUT2D eigenvalue weighted by molar-refractivity contribution is -0.136. The average Bonchev–Trinajstić information content (AvgIpc) is 2.31. The maximum atomic E-state index is 11.9. The number of hydrogen-bond acceptors (Lipinski definition) is 3.